The summed E-state index contributed by atoms with van der Waals surface area (Å²) >= 11 is 8.26. The Labute approximate surface area is 162 Å². The molecule has 5 rings (SSSR count). The molecule has 9 heteroatoms. The van der Waals surface area contributed by atoms with Crippen molar-refractivity contribution in [3.63, 3.8) is 0 Å². The van der Waals surface area contributed by atoms with E-state index in [9.17, 15) is 4.79 Å². The van der Waals surface area contributed by atoms with E-state index in [1.54, 1.807) is 13.3 Å². The molecule has 0 N–H and O–H groups in total. The molecule has 3 heterocycles. The van der Waals surface area contributed by atoms with Gasteiger partial charge in [0.15, 0.2) is 20.4 Å². The molecule has 2 aromatic heterocycles. The summed E-state index contributed by atoms with van der Waals surface area (Å²) in [5, 5.41) is 0.334. The van der Waals surface area contributed by atoms with E-state index < -0.39 is 11.2 Å². The molecule has 2 unspecified atom stereocenters. The maximum Gasteiger partial charge on any atom is 0.194 e. The summed E-state index contributed by atoms with van der Waals surface area (Å²) in [6.45, 7) is 5.44. The van der Waals surface area contributed by atoms with Crippen LogP contribution in [0.5, 0.6) is 0 Å². The summed E-state index contributed by atoms with van der Waals surface area (Å²) in [6, 6.07) is -0.0533. The predicted molar refractivity (Wildman–Crippen MR) is 97.1 cm³/mol. The zero-order valence-electron chi connectivity index (χ0n) is 13.9. The maximum absolute atomic E-state index is 12.4. The van der Waals surface area contributed by atoms with Crippen LogP contribution in [0, 0.1) is 15.2 Å². The number of aromatic nitrogens is 4. The van der Waals surface area contributed by atoms with Gasteiger partial charge in [0, 0.05) is 22.6 Å². The lowest BCUT2D eigenvalue weighted by Gasteiger charge is -2.24. The fourth-order valence-electron chi connectivity index (χ4n) is 4.76. The molecule has 2 saturated carbocycles. The minimum atomic E-state index is -0.707. The number of ketones is 1. The molecule has 2 aliphatic carbocycles. The van der Waals surface area contributed by atoms with Gasteiger partial charge in [-0.25, -0.2) is 15.0 Å². The Balaban J connectivity index is 1.67. The third kappa shape index (κ3) is 2.05. The minimum absolute atomic E-state index is 0.0533. The number of ether oxygens (including phenoxy) is 2. The number of halogens is 2. The van der Waals surface area contributed by atoms with Gasteiger partial charge in [0.1, 0.15) is 23.5 Å². The van der Waals surface area contributed by atoms with Crippen LogP contribution in [0.25, 0.3) is 11.2 Å². The van der Waals surface area contributed by atoms with Crippen LogP contribution >= 0.6 is 34.2 Å². The zero-order chi connectivity index (χ0) is 17.7. The molecule has 25 heavy (non-hydrogen) atoms. The molecule has 1 aliphatic heterocycles. The van der Waals surface area contributed by atoms with Crippen molar-refractivity contribution in [2.45, 2.75) is 51.2 Å². The molecule has 3 aliphatic rings. The third-order valence-corrected chi connectivity index (χ3v) is 6.52. The normalized spacial score (nSPS) is 38.0. The van der Waals surface area contributed by atoms with Crippen LogP contribution in [-0.2, 0) is 14.3 Å². The number of Topliss-reactive ketones (excluding diaryl/α,β-unsaturated/α-hetero) is 1. The van der Waals surface area contributed by atoms with Gasteiger partial charge in [0.05, 0.1) is 17.8 Å². The first-order chi connectivity index (χ1) is 11.7. The Morgan fingerprint density at radius 3 is 2.88 bits per heavy atom. The number of hydrogen-bond acceptors (Lipinski definition) is 6. The number of fused-ring (bicyclic) bond motifs is 4. The van der Waals surface area contributed by atoms with Crippen LogP contribution in [0.15, 0.2) is 6.33 Å². The standard InChI is InChI=1S/C16H16ClIN4O3/c1-6(23)16-4-7(16)9(10-11(16)25-15(2,3)24-10)22-5-19-8-12(17)20-14(18)21-13(8)22/h5,7,9-11H,4H2,1-3H3/t7?,9-,10+,11?,16-/m1/s1. The van der Waals surface area contributed by atoms with E-state index in [0.29, 0.717) is 20.1 Å². The lowest BCUT2D eigenvalue weighted by molar-refractivity contribution is -0.163. The molecule has 0 radical (unpaired) electrons. The summed E-state index contributed by atoms with van der Waals surface area (Å²) in [5.41, 5.74) is 0.787. The van der Waals surface area contributed by atoms with Gasteiger partial charge < -0.3 is 14.0 Å². The summed E-state index contributed by atoms with van der Waals surface area (Å²) in [5.74, 6) is -0.371. The Morgan fingerprint density at radius 2 is 2.16 bits per heavy atom. The number of hydrogen-bond donors (Lipinski definition) is 0. The van der Waals surface area contributed by atoms with Crippen LogP contribution in [0.2, 0.25) is 5.15 Å². The van der Waals surface area contributed by atoms with Gasteiger partial charge in [-0.1, -0.05) is 11.6 Å². The molecular weight excluding hydrogens is 459 g/mol. The predicted octanol–water partition coefficient (Wildman–Crippen LogP) is 2.75. The van der Waals surface area contributed by atoms with Gasteiger partial charge in [0.25, 0.3) is 0 Å². The Kier molecular flexibility index (Phi) is 3.21. The van der Waals surface area contributed by atoms with Gasteiger partial charge in [0.2, 0.25) is 0 Å². The maximum atomic E-state index is 12.4. The van der Waals surface area contributed by atoms with E-state index in [1.165, 1.54) is 0 Å². The van der Waals surface area contributed by atoms with E-state index >= 15 is 0 Å². The molecular formula is C16H16ClIN4O3. The first kappa shape index (κ1) is 16.3. The second kappa shape index (κ2) is 4.90. The lowest BCUT2D eigenvalue weighted by atomic mass is 9.95. The number of nitrogens with zero attached hydrogens (tertiary/aromatic N) is 4. The van der Waals surface area contributed by atoms with Gasteiger partial charge in [-0.05, 0) is 33.1 Å². The second-order valence-corrected chi connectivity index (χ2v) is 8.85. The largest absolute Gasteiger partial charge is 0.343 e. The van der Waals surface area contributed by atoms with Crippen molar-refractivity contribution in [3.05, 3.63) is 15.3 Å². The van der Waals surface area contributed by atoms with Gasteiger partial charge in [-0.3, -0.25) is 4.79 Å². The van der Waals surface area contributed by atoms with Crippen LogP contribution in [0.4, 0.5) is 0 Å². The molecule has 0 amide bonds. The Hall–Kier alpha value is -0.840. The number of carbonyl (C=O) groups excluding carboxylic acids is 1. The van der Waals surface area contributed by atoms with E-state index in [0.717, 1.165) is 6.42 Å². The smallest absolute Gasteiger partial charge is 0.194 e. The topological polar surface area (TPSA) is 79.1 Å². The van der Waals surface area contributed by atoms with Crippen LogP contribution in [0.1, 0.15) is 33.2 Å². The average molecular weight is 475 g/mol. The quantitative estimate of drug-likeness (QED) is 0.378. The summed E-state index contributed by atoms with van der Waals surface area (Å²) in [6.07, 6.45) is 2.10. The molecule has 3 fully saturated rings. The molecule has 5 atom stereocenters. The van der Waals surface area contributed by atoms with Crippen molar-refractivity contribution in [1.82, 2.24) is 19.5 Å². The average Bonchev–Trinajstić information content (AvgIpc) is 2.83. The lowest BCUT2D eigenvalue weighted by Crippen LogP contribution is -2.34. The fourth-order valence-corrected chi connectivity index (χ4v) is 5.58. The third-order valence-electron chi connectivity index (χ3n) is 5.77. The zero-order valence-corrected chi connectivity index (χ0v) is 16.8. The molecule has 0 spiro atoms. The summed E-state index contributed by atoms with van der Waals surface area (Å²) in [4.78, 5) is 25.5. The van der Waals surface area contributed by atoms with Crippen LogP contribution in [0.3, 0.4) is 0 Å². The number of rotatable bonds is 2. The van der Waals surface area contributed by atoms with E-state index in [2.05, 4.69) is 15.0 Å². The van der Waals surface area contributed by atoms with Crippen LogP contribution in [-0.4, -0.2) is 43.3 Å². The van der Waals surface area contributed by atoms with Gasteiger partial charge in [-0.15, -0.1) is 0 Å². The fraction of sp³-hybridized carbons (Fsp3) is 0.625. The van der Waals surface area contributed by atoms with Crippen LogP contribution < -0.4 is 0 Å². The highest BCUT2D eigenvalue weighted by molar-refractivity contribution is 14.1. The van der Waals surface area contributed by atoms with Crippen molar-refractivity contribution in [1.29, 1.82) is 0 Å². The van der Waals surface area contributed by atoms with Crippen molar-refractivity contribution in [2.24, 2.45) is 11.3 Å². The highest BCUT2D eigenvalue weighted by atomic mass is 127. The molecule has 132 valence electrons. The van der Waals surface area contributed by atoms with Crippen molar-refractivity contribution in [3.8, 4) is 0 Å². The highest BCUT2D eigenvalue weighted by Crippen LogP contribution is 2.71. The highest BCUT2D eigenvalue weighted by Gasteiger charge is 2.78. The van der Waals surface area contributed by atoms with Gasteiger partial charge >= 0.3 is 0 Å². The summed E-state index contributed by atoms with van der Waals surface area (Å²) in [7, 11) is 0. The monoisotopic (exact) mass is 474 g/mol. The molecule has 0 bridgehead atoms. The Morgan fingerprint density at radius 1 is 1.40 bits per heavy atom. The van der Waals surface area contributed by atoms with Crippen molar-refractivity contribution in [2.75, 3.05) is 0 Å². The summed E-state index contributed by atoms with van der Waals surface area (Å²) < 4.78 is 14.9. The number of carbonyl (C=O) groups is 1. The molecule has 7 nitrogen and oxygen atoms in total. The minimum Gasteiger partial charge on any atom is -0.343 e. The Bertz CT molecular complexity index is 931. The number of imidazole rings is 1. The van der Waals surface area contributed by atoms with E-state index in [1.807, 2.05) is 41.0 Å². The van der Waals surface area contributed by atoms with E-state index in [4.69, 9.17) is 21.1 Å². The van der Waals surface area contributed by atoms with E-state index in [-0.39, 0.29) is 30.0 Å². The van der Waals surface area contributed by atoms with Crippen molar-refractivity contribution >= 4 is 51.1 Å². The molecule has 1 saturated heterocycles. The van der Waals surface area contributed by atoms with Gasteiger partial charge in [-0.2, -0.15) is 0 Å². The van der Waals surface area contributed by atoms with Crippen molar-refractivity contribution < 1.29 is 14.3 Å². The first-order valence-electron chi connectivity index (χ1n) is 8.17. The SMILES string of the molecule is CC(=O)[C@]12CC1[C@@H](n1cnc3c(Cl)nc(I)nc31)[C@@H]1OC(C)(C)OC12. The first-order valence-corrected chi connectivity index (χ1v) is 9.62. The molecule has 0 aromatic carbocycles. The second-order valence-electron chi connectivity index (χ2n) is 7.53. The molecule has 2 aromatic rings.